The zero-order valence-corrected chi connectivity index (χ0v) is 13.4. The number of hydrogen-bond acceptors (Lipinski definition) is 5. The molecule has 0 unspecified atom stereocenters. The van der Waals surface area contributed by atoms with Crippen LogP contribution in [-0.2, 0) is 11.2 Å². The van der Waals surface area contributed by atoms with E-state index in [1.165, 1.54) is 11.3 Å². The molecule has 1 aromatic heterocycles. The van der Waals surface area contributed by atoms with Crippen LogP contribution in [0, 0.1) is 0 Å². The van der Waals surface area contributed by atoms with Gasteiger partial charge in [-0.05, 0) is 25.0 Å². The molecular formula is C15H18N4O2S. The highest BCUT2D eigenvalue weighted by Gasteiger charge is 2.14. The molecule has 0 aliphatic carbocycles. The van der Waals surface area contributed by atoms with Gasteiger partial charge in [0.1, 0.15) is 5.01 Å². The van der Waals surface area contributed by atoms with Gasteiger partial charge in [-0.2, -0.15) is 0 Å². The fraction of sp³-hybridized carbons (Fsp3) is 0.333. The highest BCUT2D eigenvalue weighted by Crippen LogP contribution is 2.20. The van der Waals surface area contributed by atoms with Crippen LogP contribution in [0.1, 0.15) is 42.1 Å². The summed E-state index contributed by atoms with van der Waals surface area (Å²) in [6.07, 6.45) is 1.95. The summed E-state index contributed by atoms with van der Waals surface area (Å²) in [5.74, 6) is -0.418. The first-order valence-electron chi connectivity index (χ1n) is 7.16. The molecule has 0 aliphatic rings. The second-order valence-electron chi connectivity index (χ2n) is 4.65. The normalized spacial score (nSPS) is 10.3. The number of aromatic nitrogens is 2. The summed E-state index contributed by atoms with van der Waals surface area (Å²) >= 11 is 1.34. The Hall–Kier alpha value is -2.28. The van der Waals surface area contributed by atoms with Crippen molar-refractivity contribution >= 4 is 34.0 Å². The number of rotatable bonds is 6. The van der Waals surface area contributed by atoms with E-state index in [0.29, 0.717) is 22.8 Å². The third-order valence-electron chi connectivity index (χ3n) is 2.91. The quantitative estimate of drug-likeness (QED) is 0.857. The van der Waals surface area contributed by atoms with Crippen molar-refractivity contribution in [2.45, 2.75) is 33.1 Å². The number of aryl methyl sites for hydroxylation is 1. The summed E-state index contributed by atoms with van der Waals surface area (Å²) in [5, 5.41) is 14.7. The van der Waals surface area contributed by atoms with Crippen molar-refractivity contribution in [2.75, 3.05) is 10.6 Å². The summed E-state index contributed by atoms with van der Waals surface area (Å²) in [4.78, 5) is 24.1. The Kier molecular flexibility index (Phi) is 5.60. The summed E-state index contributed by atoms with van der Waals surface area (Å²) in [7, 11) is 0. The van der Waals surface area contributed by atoms with Gasteiger partial charge in [-0.3, -0.25) is 14.9 Å². The fourth-order valence-electron chi connectivity index (χ4n) is 1.84. The van der Waals surface area contributed by atoms with Crippen LogP contribution in [0.5, 0.6) is 0 Å². The maximum Gasteiger partial charge on any atom is 0.259 e. The van der Waals surface area contributed by atoms with Crippen LogP contribution in [-0.4, -0.2) is 22.0 Å². The zero-order valence-electron chi connectivity index (χ0n) is 12.5. The molecule has 1 aromatic carbocycles. The molecule has 2 aromatic rings. The number of nitrogens with zero attached hydrogens (tertiary/aromatic N) is 2. The molecular weight excluding hydrogens is 300 g/mol. The van der Waals surface area contributed by atoms with E-state index in [0.717, 1.165) is 17.8 Å². The van der Waals surface area contributed by atoms with E-state index in [1.807, 2.05) is 13.8 Å². The average molecular weight is 318 g/mol. The number of benzene rings is 1. The Morgan fingerprint density at radius 1 is 1.14 bits per heavy atom. The van der Waals surface area contributed by atoms with Crippen molar-refractivity contribution < 1.29 is 9.59 Å². The van der Waals surface area contributed by atoms with E-state index in [4.69, 9.17) is 0 Å². The monoisotopic (exact) mass is 318 g/mol. The van der Waals surface area contributed by atoms with Gasteiger partial charge < -0.3 is 5.32 Å². The summed E-state index contributed by atoms with van der Waals surface area (Å²) in [5.41, 5.74) is 0.902. The van der Waals surface area contributed by atoms with Crippen molar-refractivity contribution in [3.8, 4) is 0 Å². The number of para-hydroxylation sites is 1. The van der Waals surface area contributed by atoms with Crippen LogP contribution in [0.3, 0.4) is 0 Å². The highest BCUT2D eigenvalue weighted by molar-refractivity contribution is 7.15. The molecule has 116 valence electrons. The molecule has 7 heteroatoms. The van der Waals surface area contributed by atoms with Gasteiger partial charge in [0, 0.05) is 6.42 Å². The predicted octanol–water partition coefficient (Wildman–Crippen LogP) is 3.09. The highest BCUT2D eigenvalue weighted by atomic mass is 32.1. The van der Waals surface area contributed by atoms with E-state index >= 15 is 0 Å². The molecule has 0 saturated carbocycles. The van der Waals surface area contributed by atoms with Crippen molar-refractivity contribution in [1.29, 1.82) is 0 Å². The van der Waals surface area contributed by atoms with Gasteiger partial charge >= 0.3 is 0 Å². The third-order valence-corrected chi connectivity index (χ3v) is 3.90. The maximum atomic E-state index is 12.3. The Labute approximate surface area is 133 Å². The molecule has 2 N–H and O–H groups in total. The molecule has 2 rings (SSSR count). The predicted molar refractivity (Wildman–Crippen MR) is 87.2 cm³/mol. The standard InChI is InChI=1S/C15H18N4O2S/c1-3-7-12(20)16-11-9-6-5-8-10(11)14(21)17-15-19-18-13(4-2)22-15/h5-6,8-9H,3-4,7H2,1-2H3,(H,16,20)(H,17,19,21). The average Bonchev–Trinajstić information content (AvgIpc) is 2.95. The molecule has 2 amide bonds. The van der Waals surface area contributed by atoms with Gasteiger partial charge in [0.25, 0.3) is 5.91 Å². The maximum absolute atomic E-state index is 12.3. The molecule has 22 heavy (non-hydrogen) atoms. The minimum absolute atomic E-state index is 0.105. The Morgan fingerprint density at radius 3 is 2.59 bits per heavy atom. The van der Waals surface area contributed by atoms with Crippen molar-refractivity contribution in [2.24, 2.45) is 0 Å². The number of carbonyl (C=O) groups excluding carboxylic acids is 2. The smallest absolute Gasteiger partial charge is 0.259 e. The second-order valence-corrected chi connectivity index (χ2v) is 5.71. The van der Waals surface area contributed by atoms with Gasteiger partial charge in [0.05, 0.1) is 11.3 Å². The van der Waals surface area contributed by atoms with E-state index in [-0.39, 0.29) is 11.8 Å². The molecule has 0 atom stereocenters. The molecule has 0 aliphatic heterocycles. The minimum Gasteiger partial charge on any atom is -0.325 e. The lowest BCUT2D eigenvalue weighted by Gasteiger charge is -2.09. The summed E-state index contributed by atoms with van der Waals surface area (Å²) in [6, 6.07) is 6.90. The van der Waals surface area contributed by atoms with Crippen molar-refractivity contribution in [3.63, 3.8) is 0 Å². The van der Waals surface area contributed by atoms with E-state index in [2.05, 4.69) is 20.8 Å². The molecule has 0 spiro atoms. The lowest BCUT2D eigenvalue weighted by atomic mass is 10.1. The second kappa shape index (κ2) is 7.65. The van der Waals surface area contributed by atoms with Crippen LogP contribution in [0.15, 0.2) is 24.3 Å². The number of nitrogens with one attached hydrogen (secondary N) is 2. The first-order chi connectivity index (χ1) is 10.6. The molecule has 6 nitrogen and oxygen atoms in total. The number of amides is 2. The Balaban J connectivity index is 2.13. The third kappa shape index (κ3) is 4.11. The van der Waals surface area contributed by atoms with Gasteiger partial charge in [0.2, 0.25) is 11.0 Å². The van der Waals surface area contributed by atoms with Gasteiger partial charge in [-0.25, -0.2) is 0 Å². The first kappa shape index (κ1) is 16.1. The number of carbonyl (C=O) groups is 2. The molecule has 0 saturated heterocycles. The molecule has 0 bridgehead atoms. The van der Waals surface area contributed by atoms with E-state index in [1.54, 1.807) is 24.3 Å². The van der Waals surface area contributed by atoms with Crippen molar-refractivity contribution in [1.82, 2.24) is 10.2 Å². The Morgan fingerprint density at radius 2 is 1.91 bits per heavy atom. The van der Waals surface area contributed by atoms with Crippen LogP contribution in [0.2, 0.25) is 0 Å². The fourth-order valence-corrected chi connectivity index (χ4v) is 2.52. The molecule has 0 radical (unpaired) electrons. The topological polar surface area (TPSA) is 84.0 Å². The first-order valence-corrected chi connectivity index (χ1v) is 7.98. The minimum atomic E-state index is -0.314. The van der Waals surface area contributed by atoms with Gasteiger partial charge in [-0.1, -0.05) is 37.3 Å². The zero-order chi connectivity index (χ0) is 15.9. The summed E-state index contributed by atoms with van der Waals surface area (Å²) in [6.45, 7) is 3.91. The van der Waals surface area contributed by atoms with E-state index in [9.17, 15) is 9.59 Å². The lowest BCUT2D eigenvalue weighted by molar-refractivity contribution is -0.116. The molecule has 1 heterocycles. The van der Waals surface area contributed by atoms with E-state index < -0.39 is 0 Å². The number of anilines is 2. The molecule has 0 fully saturated rings. The lowest BCUT2D eigenvalue weighted by Crippen LogP contribution is -2.17. The van der Waals surface area contributed by atoms with Gasteiger partial charge in [0.15, 0.2) is 0 Å². The van der Waals surface area contributed by atoms with Crippen LogP contribution in [0.25, 0.3) is 0 Å². The summed E-state index contributed by atoms with van der Waals surface area (Å²) < 4.78 is 0. The van der Waals surface area contributed by atoms with Crippen LogP contribution >= 0.6 is 11.3 Å². The SMILES string of the molecule is CCCC(=O)Nc1ccccc1C(=O)Nc1nnc(CC)s1. The Bertz CT molecular complexity index is 669. The van der Waals surface area contributed by atoms with Crippen LogP contribution < -0.4 is 10.6 Å². The van der Waals surface area contributed by atoms with Gasteiger partial charge in [-0.15, -0.1) is 10.2 Å². The van der Waals surface area contributed by atoms with Crippen molar-refractivity contribution in [3.05, 3.63) is 34.8 Å². The number of hydrogen-bond donors (Lipinski definition) is 2. The van der Waals surface area contributed by atoms with Crippen LogP contribution in [0.4, 0.5) is 10.8 Å². The largest absolute Gasteiger partial charge is 0.325 e.